The van der Waals surface area contributed by atoms with Crippen LogP contribution in [0.5, 0.6) is 0 Å². The average Bonchev–Trinajstić information content (AvgIpc) is 2.94. The summed E-state index contributed by atoms with van der Waals surface area (Å²) in [5.41, 5.74) is 2.37. The molecular weight excluding hydrogens is 260 g/mol. The first-order chi connectivity index (χ1) is 9.34. The van der Waals surface area contributed by atoms with E-state index in [1.165, 1.54) is 18.1 Å². The summed E-state index contributed by atoms with van der Waals surface area (Å²) in [6.07, 6.45) is 2.57. The molecule has 0 radical (unpaired) electrons. The first kappa shape index (κ1) is 12.1. The Hall–Kier alpha value is -1.92. The van der Waals surface area contributed by atoms with Crippen LogP contribution in [0.4, 0.5) is 0 Å². The highest BCUT2D eigenvalue weighted by atomic mass is 32.2. The Bertz CT molecular complexity index is 670. The van der Waals surface area contributed by atoms with Gasteiger partial charge in [-0.2, -0.15) is 0 Å². The van der Waals surface area contributed by atoms with E-state index >= 15 is 0 Å². The molecule has 0 bridgehead atoms. The van der Waals surface area contributed by atoms with Crippen LogP contribution in [-0.2, 0) is 0 Å². The maximum absolute atomic E-state index is 10.1. The predicted molar refractivity (Wildman–Crippen MR) is 73.8 cm³/mol. The van der Waals surface area contributed by atoms with Gasteiger partial charge in [-0.15, -0.1) is 11.8 Å². The van der Waals surface area contributed by atoms with Crippen LogP contribution in [0.3, 0.4) is 0 Å². The largest absolute Gasteiger partial charge is 0.388 e. The van der Waals surface area contributed by atoms with Crippen LogP contribution < -0.4 is 0 Å². The van der Waals surface area contributed by atoms with E-state index in [1.807, 2.05) is 30.3 Å². The van der Waals surface area contributed by atoms with Crippen molar-refractivity contribution in [3.8, 4) is 0 Å². The van der Waals surface area contributed by atoms with Gasteiger partial charge in [0.05, 0.1) is 12.4 Å². The van der Waals surface area contributed by atoms with Crippen LogP contribution in [0.1, 0.15) is 11.7 Å². The molecule has 0 aliphatic rings. The third kappa shape index (κ3) is 2.59. The number of aliphatic hydroxyl groups excluding tert-OH is 1. The summed E-state index contributed by atoms with van der Waals surface area (Å²) < 4.78 is 0. The molecule has 1 atom stereocenters. The van der Waals surface area contributed by atoms with Gasteiger partial charge in [-0.1, -0.05) is 30.3 Å². The first-order valence-corrected chi connectivity index (χ1v) is 6.83. The zero-order valence-electron chi connectivity index (χ0n) is 10.0. The molecular formula is C13H12N4OS. The minimum Gasteiger partial charge on any atom is -0.388 e. The highest BCUT2D eigenvalue weighted by Crippen LogP contribution is 2.26. The number of aromatic nitrogens is 4. The molecule has 3 rings (SSSR count). The Morgan fingerprint density at radius 2 is 2.00 bits per heavy atom. The standard InChI is InChI=1S/C13H12N4OS/c18-10(9-4-2-1-3-5-9)6-19-13-11-12(15-7-14-11)16-8-17-13/h1-5,7-8,10,18H,6H2,(H,14,15,16,17)/t10-/m0/s1. The molecule has 2 aromatic heterocycles. The number of hydrogen-bond donors (Lipinski definition) is 2. The predicted octanol–water partition coefficient (Wildman–Crippen LogP) is 2.18. The summed E-state index contributed by atoms with van der Waals surface area (Å²) in [6, 6.07) is 9.60. The Labute approximate surface area is 114 Å². The van der Waals surface area contributed by atoms with Gasteiger partial charge in [0, 0.05) is 5.75 Å². The summed E-state index contributed by atoms with van der Waals surface area (Å²) >= 11 is 1.49. The molecule has 0 spiro atoms. The van der Waals surface area contributed by atoms with Crippen molar-refractivity contribution in [2.45, 2.75) is 11.1 Å². The second-order valence-corrected chi connectivity index (χ2v) is 5.03. The zero-order chi connectivity index (χ0) is 13.1. The third-order valence-electron chi connectivity index (χ3n) is 2.75. The number of rotatable bonds is 4. The molecule has 5 nitrogen and oxygen atoms in total. The van der Waals surface area contributed by atoms with Crippen LogP contribution in [0, 0.1) is 0 Å². The Kier molecular flexibility index (Phi) is 3.43. The Morgan fingerprint density at radius 3 is 2.84 bits per heavy atom. The van der Waals surface area contributed by atoms with Crippen LogP contribution >= 0.6 is 11.8 Å². The molecule has 0 saturated heterocycles. The average molecular weight is 272 g/mol. The lowest BCUT2D eigenvalue weighted by Gasteiger charge is -2.10. The number of hydrogen-bond acceptors (Lipinski definition) is 5. The Balaban J connectivity index is 1.74. The van der Waals surface area contributed by atoms with E-state index in [0.717, 1.165) is 16.1 Å². The molecule has 2 heterocycles. The number of nitrogens with one attached hydrogen (secondary N) is 1. The summed E-state index contributed by atoms with van der Waals surface area (Å²) in [5.74, 6) is 0.537. The maximum atomic E-state index is 10.1. The molecule has 0 aliphatic carbocycles. The quantitative estimate of drug-likeness (QED) is 0.562. The van der Waals surface area contributed by atoms with Gasteiger partial charge in [0.2, 0.25) is 0 Å². The second kappa shape index (κ2) is 5.38. The van der Waals surface area contributed by atoms with Crippen molar-refractivity contribution in [3.63, 3.8) is 0 Å². The van der Waals surface area contributed by atoms with E-state index in [-0.39, 0.29) is 0 Å². The normalized spacial score (nSPS) is 12.7. The van der Waals surface area contributed by atoms with Gasteiger partial charge in [0.25, 0.3) is 0 Å². The van der Waals surface area contributed by atoms with Crippen LogP contribution in [0.15, 0.2) is 48.0 Å². The minimum absolute atomic E-state index is 0.515. The van der Waals surface area contributed by atoms with Crippen LogP contribution in [-0.4, -0.2) is 30.8 Å². The molecule has 3 aromatic rings. The topological polar surface area (TPSA) is 74.7 Å². The van der Waals surface area contributed by atoms with Crippen molar-refractivity contribution in [1.29, 1.82) is 0 Å². The highest BCUT2D eigenvalue weighted by Gasteiger charge is 2.11. The smallest absolute Gasteiger partial charge is 0.181 e. The molecule has 0 aliphatic heterocycles. The van der Waals surface area contributed by atoms with Crippen LogP contribution in [0.25, 0.3) is 11.2 Å². The lowest BCUT2D eigenvalue weighted by Crippen LogP contribution is -2.00. The van der Waals surface area contributed by atoms with Gasteiger partial charge in [-0.3, -0.25) is 0 Å². The van der Waals surface area contributed by atoms with Crippen molar-refractivity contribution in [2.75, 3.05) is 5.75 Å². The fraction of sp³-hybridized carbons (Fsp3) is 0.154. The molecule has 0 unspecified atom stereocenters. The number of imidazole rings is 1. The fourth-order valence-corrected chi connectivity index (χ4v) is 2.71. The summed E-state index contributed by atoms with van der Waals surface area (Å²) in [6.45, 7) is 0. The van der Waals surface area contributed by atoms with Gasteiger partial charge in [0.15, 0.2) is 5.65 Å². The molecule has 6 heteroatoms. The molecule has 19 heavy (non-hydrogen) atoms. The van der Waals surface area contributed by atoms with Crippen molar-refractivity contribution in [1.82, 2.24) is 19.9 Å². The van der Waals surface area contributed by atoms with E-state index in [0.29, 0.717) is 11.4 Å². The Morgan fingerprint density at radius 1 is 1.16 bits per heavy atom. The van der Waals surface area contributed by atoms with Gasteiger partial charge >= 0.3 is 0 Å². The first-order valence-electron chi connectivity index (χ1n) is 5.84. The van der Waals surface area contributed by atoms with E-state index in [1.54, 1.807) is 6.33 Å². The summed E-state index contributed by atoms with van der Waals surface area (Å²) in [4.78, 5) is 15.4. The van der Waals surface area contributed by atoms with Gasteiger partial charge < -0.3 is 10.1 Å². The zero-order valence-corrected chi connectivity index (χ0v) is 10.8. The van der Waals surface area contributed by atoms with Crippen molar-refractivity contribution in [3.05, 3.63) is 48.5 Å². The number of fused-ring (bicyclic) bond motifs is 1. The van der Waals surface area contributed by atoms with Crippen LogP contribution in [0.2, 0.25) is 0 Å². The second-order valence-electron chi connectivity index (χ2n) is 4.02. The van der Waals surface area contributed by atoms with E-state index in [9.17, 15) is 5.11 Å². The molecule has 0 saturated carbocycles. The number of aromatic amines is 1. The SMILES string of the molecule is O[C@@H](CSc1ncnc2nc[nH]c12)c1ccccc1. The van der Waals surface area contributed by atoms with Gasteiger partial charge in [-0.25, -0.2) is 15.0 Å². The highest BCUT2D eigenvalue weighted by molar-refractivity contribution is 7.99. The van der Waals surface area contributed by atoms with Crippen molar-refractivity contribution in [2.24, 2.45) is 0 Å². The van der Waals surface area contributed by atoms with Gasteiger partial charge in [-0.05, 0) is 5.56 Å². The third-order valence-corrected chi connectivity index (χ3v) is 3.82. The number of H-pyrrole nitrogens is 1. The summed E-state index contributed by atoms with van der Waals surface area (Å²) in [7, 11) is 0. The van der Waals surface area contributed by atoms with E-state index in [2.05, 4.69) is 19.9 Å². The number of benzene rings is 1. The van der Waals surface area contributed by atoms with Crippen molar-refractivity contribution >= 4 is 22.9 Å². The molecule has 0 amide bonds. The van der Waals surface area contributed by atoms with E-state index < -0.39 is 6.10 Å². The monoisotopic (exact) mass is 272 g/mol. The minimum atomic E-state index is -0.515. The molecule has 1 aromatic carbocycles. The van der Waals surface area contributed by atoms with Gasteiger partial charge in [0.1, 0.15) is 16.9 Å². The molecule has 96 valence electrons. The van der Waals surface area contributed by atoms with E-state index in [4.69, 9.17) is 0 Å². The lowest BCUT2D eigenvalue weighted by molar-refractivity contribution is 0.204. The number of nitrogens with zero attached hydrogens (tertiary/aromatic N) is 3. The number of thioether (sulfide) groups is 1. The number of aliphatic hydroxyl groups is 1. The summed E-state index contributed by atoms with van der Waals surface area (Å²) in [5, 5.41) is 10.9. The fourth-order valence-electron chi connectivity index (χ4n) is 1.78. The molecule has 2 N–H and O–H groups in total. The van der Waals surface area contributed by atoms with Crippen molar-refractivity contribution < 1.29 is 5.11 Å². The maximum Gasteiger partial charge on any atom is 0.181 e. The molecule has 0 fully saturated rings. The lowest BCUT2D eigenvalue weighted by atomic mass is 10.1.